The van der Waals surface area contributed by atoms with Crippen LogP contribution in [-0.2, 0) is 52.4 Å². The number of phosphoric acid groups is 1. The lowest BCUT2D eigenvalue weighted by Crippen LogP contribution is -2.56. The molecule has 12 nitrogen and oxygen atoms in total. The van der Waals surface area contributed by atoms with Gasteiger partial charge in [0.2, 0.25) is 23.6 Å². The third kappa shape index (κ3) is 16.7. The predicted molar refractivity (Wildman–Crippen MR) is 209 cm³/mol. The highest BCUT2D eigenvalue weighted by atomic mass is 31.2. The van der Waals surface area contributed by atoms with Crippen molar-refractivity contribution in [2.45, 2.75) is 110 Å². The lowest BCUT2D eigenvalue weighted by molar-refractivity contribution is -0.133. The van der Waals surface area contributed by atoms with Crippen LogP contribution in [-0.4, -0.2) is 42.3 Å². The van der Waals surface area contributed by atoms with Gasteiger partial charge in [0, 0.05) is 25.8 Å². The summed E-state index contributed by atoms with van der Waals surface area (Å²) in [7, 11) is -4.10. The van der Waals surface area contributed by atoms with Gasteiger partial charge in [0.15, 0.2) is 0 Å². The average Bonchev–Trinajstić information content (AvgIpc) is 3.17. The van der Waals surface area contributed by atoms with Crippen molar-refractivity contribution in [2.75, 3.05) is 6.54 Å². The smallest absolute Gasteiger partial charge is 0.404 e. The number of nitrogens with two attached hydrogens (primary N) is 1. The second-order valence-corrected chi connectivity index (χ2v) is 15.0. The highest BCUT2D eigenvalue weighted by Gasteiger charge is 2.31. The number of carbonyl (C=O) groups is 4. The summed E-state index contributed by atoms with van der Waals surface area (Å²) in [5.41, 5.74) is 7.50. The Morgan fingerprint density at radius 2 is 1.30 bits per heavy atom. The van der Waals surface area contributed by atoms with Gasteiger partial charge in [-0.2, -0.15) is 0 Å². The van der Waals surface area contributed by atoms with E-state index in [1.54, 1.807) is 24.3 Å². The van der Waals surface area contributed by atoms with E-state index < -0.39 is 25.8 Å². The molecule has 3 rings (SSSR count). The van der Waals surface area contributed by atoms with E-state index in [1.165, 1.54) is 0 Å². The molecule has 0 spiro atoms. The molecule has 294 valence electrons. The zero-order valence-corrected chi connectivity index (χ0v) is 32.7. The van der Waals surface area contributed by atoms with Gasteiger partial charge in [-0.25, -0.2) is 4.57 Å². The predicted octanol–water partition coefficient (Wildman–Crippen LogP) is 6.91. The molecule has 3 aromatic carbocycles. The number of hydrogen-bond donors (Lipinski definition) is 4. The van der Waals surface area contributed by atoms with Gasteiger partial charge in [-0.05, 0) is 54.0 Å². The average molecular weight is 765 g/mol. The topological polar surface area (TPSA) is 175 Å². The second kappa shape index (κ2) is 24.0. The van der Waals surface area contributed by atoms with Gasteiger partial charge in [0.25, 0.3) is 0 Å². The maximum absolute atomic E-state index is 13.9. The van der Waals surface area contributed by atoms with Crippen LogP contribution < -0.4 is 26.2 Å². The molecule has 0 aliphatic carbocycles. The fraction of sp³-hybridized carbons (Fsp3) is 0.463. The summed E-state index contributed by atoms with van der Waals surface area (Å²) in [4.78, 5) is 51.0. The molecule has 3 aromatic rings. The molecule has 3 atom stereocenters. The highest BCUT2D eigenvalue weighted by Crippen LogP contribution is 2.51. The van der Waals surface area contributed by atoms with Crippen LogP contribution in [0.3, 0.4) is 0 Å². The zero-order chi connectivity index (χ0) is 39.2. The Morgan fingerprint density at radius 1 is 0.704 bits per heavy atom. The second-order valence-electron chi connectivity index (χ2n) is 13.4. The third-order valence-corrected chi connectivity index (χ3v) is 10.2. The zero-order valence-electron chi connectivity index (χ0n) is 31.8. The molecule has 13 heteroatoms. The molecule has 0 fully saturated rings. The van der Waals surface area contributed by atoms with E-state index in [2.05, 4.69) is 16.0 Å². The number of nitrogens with one attached hydrogen (secondary N) is 3. The molecule has 0 radical (unpaired) electrons. The summed E-state index contributed by atoms with van der Waals surface area (Å²) in [6, 6.07) is 23.4. The quantitative estimate of drug-likeness (QED) is 0.0504. The van der Waals surface area contributed by atoms with Crippen molar-refractivity contribution >= 4 is 31.5 Å². The standard InChI is InChI=1S/C41H57N4O8P/c1-4-6-10-22-38(47)44-36(40(48)45-39(31(3)5-2)41(49)43-27-16-9-15-21-37(42)46)28-32-23-25-35(26-24-32)53-54(50,51-29-33-17-11-7-12-18-33)52-30-34-19-13-8-14-20-34/h7-8,11-14,17-20,23-26,31,36,39H,4-6,9-10,15-16,21-22,27-30H2,1-3H3,(H2,42,46)(H,43,49)(H,44,47)(H,45,48)/t31-,36?,39-/m0/s1. The summed E-state index contributed by atoms with van der Waals surface area (Å²) in [5.74, 6) is -1.34. The van der Waals surface area contributed by atoms with E-state index in [4.69, 9.17) is 19.3 Å². The minimum atomic E-state index is -4.10. The molecule has 0 bridgehead atoms. The molecule has 0 heterocycles. The third-order valence-electron chi connectivity index (χ3n) is 8.90. The van der Waals surface area contributed by atoms with Crippen LogP contribution in [0.2, 0.25) is 0 Å². The first kappa shape index (κ1) is 43.9. The van der Waals surface area contributed by atoms with Gasteiger partial charge in [0.05, 0.1) is 13.2 Å². The van der Waals surface area contributed by atoms with Gasteiger partial charge in [-0.3, -0.25) is 28.2 Å². The number of carbonyl (C=O) groups excluding carboxylic acids is 4. The Hall–Kier alpha value is -4.51. The summed E-state index contributed by atoms with van der Waals surface area (Å²) >= 11 is 0. The van der Waals surface area contributed by atoms with E-state index in [1.807, 2.05) is 81.4 Å². The van der Waals surface area contributed by atoms with Gasteiger partial charge in [-0.1, -0.05) is 119 Å². The van der Waals surface area contributed by atoms with Crippen molar-refractivity contribution in [1.29, 1.82) is 0 Å². The van der Waals surface area contributed by atoms with Crippen molar-refractivity contribution in [1.82, 2.24) is 16.0 Å². The van der Waals surface area contributed by atoms with Crippen LogP contribution in [0.25, 0.3) is 0 Å². The fourth-order valence-corrected chi connectivity index (χ4v) is 6.66. The maximum atomic E-state index is 13.9. The molecule has 5 N–H and O–H groups in total. The van der Waals surface area contributed by atoms with E-state index >= 15 is 0 Å². The molecule has 4 amide bonds. The molecule has 54 heavy (non-hydrogen) atoms. The maximum Gasteiger partial charge on any atom is 0.530 e. The molecule has 1 unspecified atom stereocenters. The van der Waals surface area contributed by atoms with Crippen molar-refractivity contribution in [2.24, 2.45) is 11.7 Å². The van der Waals surface area contributed by atoms with Crippen molar-refractivity contribution in [3.63, 3.8) is 0 Å². The molecular weight excluding hydrogens is 707 g/mol. The molecule has 0 aromatic heterocycles. The number of unbranched alkanes of at least 4 members (excludes halogenated alkanes) is 4. The number of rotatable bonds is 26. The summed E-state index contributed by atoms with van der Waals surface area (Å²) in [6.07, 6.45) is 5.93. The number of hydrogen-bond acceptors (Lipinski definition) is 8. The van der Waals surface area contributed by atoms with E-state index in [0.717, 1.165) is 30.4 Å². The first-order valence-corrected chi connectivity index (χ1v) is 20.4. The van der Waals surface area contributed by atoms with Crippen LogP contribution in [0.1, 0.15) is 95.2 Å². The minimum Gasteiger partial charge on any atom is -0.404 e. The van der Waals surface area contributed by atoms with Crippen LogP contribution in [0.5, 0.6) is 5.75 Å². The SMILES string of the molecule is CCCCCC(=O)NC(Cc1ccc(OP(=O)(OCc2ccccc2)OCc2ccccc2)cc1)C(=O)N[C@H](C(=O)NCCCCCC(N)=O)[C@@H](C)CC. The molecule has 0 aliphatic heterocycles. The molecule has 0 saturated carbocycles. The van der Waals surface area contributed by atoms with E-state index in [9.17, 15) is 23.7 Å². The van der Waals surface area contributed by atoms with Gasteiger partial charge >= 0.3 is 7.82 Å². The van der Waals surface area contributed by atoms with Crippen LogP contribution in [0.15, 0.2) is 84.9 Å². The fourth-order valence-electron chi connectivity index (χ4n) is 5.49. The van der Waals surface area contributed by atoms with Gasteiger partial charge in [-0.15, -0.1) is 0 Å². The van der Waals surface area contributed by atoms with Crippen LogP contribution >= 0.6 is 7.82 Å². The lowest BCUT2D eigenvalue weighted by atomic mass is 9.97. The van der Waals surface area contributed by atoms with Crippen molar-refractivity contribution in [3.05, 3.63) is 102 Å². The van der Waals surface area contributed by atoms with E-state index in [0.29, 0.717) is 44.2 Å². The largest absolute Gasteiger partial charge is 0.530 e. The summed E-state index contributed by atoms with van der Waals surface area (Å²) < 4.78 is 31.2. The number of phosphoric ester groups is 1. The monoisotopic (exact) mass is 764 g/mol. The minimum absolute atomic E-state index is 0.00631. The van der Waals surface area contributed by atoms with Crippen molar-refractivity contribution in [3.8, 4) is 5.75 Å². The Kier molecular flexibility index (Phi) is 19.5. The molecular formula is C41H57N4O8P. The van der Waals surface area contributed by atoms with Crippen molar-refractivity contribution < 1.29 is 37.3 Å². The first-order chi connectivity index (χ1) is 26.0. The summed E-state index contributed by atoms with van der Waals surface area (Å²) in [6.45, 7) is 6.29. The lowest BCUT2D eigenvalue weighted by Gasteiger charge is -2.27. The molecule has 0 saturated heterocycles. The van der Waals surface area contributed by atoms with Gasteiger partial charge in [0.1, 0.15) is 17.8 Å². The van der Waals surface area contributed by atoms with E-state index in [-0.39, 0.29) is 55.4 Å². The number of benzene rings is 3. The summed E-state index contributed by atoms with van der Waals surface area (Å²) in [5, 5.41) is 8.69. The highest BCUT2D eigenvalue weighted by molar-refractivity contribution is 7.48. The Balaban J connectivity index is 1.73. The number of amides is 4. The van der Waals surface area contributed by atoms with Crippen LogP contribution in [0.4, 0.5) is 0 Å². The Labute approximate surface area is 319 Å². The first-order valence-electron chi connectivity index (χ1n) is 18.9. The normalized spacial score (nSPS) is 12.9. The number of primary amides is 1. The molecule has 0 aliphatic rings. The van der Waals surface area contributed by atoms with Crippen LogP contribution in [0, 0.1) is 5.92 Å². The Morgan fingerprint density at radius 3 is 1.85 bits per heavy atom. The van der Waals surface area contributed by atoms with Gasteiger partial charge < -0.3 is 26.2 Å². The Bertz CT molecular complexity index is 1580.